The van der Waals surface area contributed by atoms with Crippen molar-refractivity contribution >= 4 is 12.0 Å². The molecule has 0 spiro atoms. The van der Waals surface area contributed by atoms with Crippen LogP contribution >= 0.6 is 0 Å². The number of carbonyl (C=O) groups is 1. The van der Waals surface area contributed by atoms with Crippen molar-refractivity contribution in [3.05, 3.63) is 35.2 Å². The fourth-order valence-corrected chi connectivity index (χ4v) is 1.30. The lowest BCUT2D eigenvalue weighted by Gasteiger charge is -2.10. The lowest BCUT2D eigenvalue weighted by Crippen LogP contribution is -2.11. The molecule has 0 aliphatic heterocycles. The van der Waals surface area contributed by atoms with E-state index in [1.54, 1.807) is 6.92 Å². The highest BCUT2D eigenvalue weighted by Crippen LogP contribution is 2.28. The molecule has 0 aliphatic rings. The molecule has 19 heavy (non-hydrogen) atoms. The number of aromatic nitrogens is 1. The van der Waals surface area contributed by atoms with Crippen LogP contribution in [-0.2, 0) is 22.3 Å². The molecule has 0 aliphatic carbocycles. The summed E-state index contributed by atoms with van der Waals surface area (Å²) in [5.41, 5.74) is -0.701. The van der Waals surface area contributed by atoms with Crippen LogP contribution < -0.4 is 0 Å². The molecule has 1 aromatic heterocycles. The summed E-state index contributed by atoms with van der Waals surface area (Å²) >= 11 is 0. The number of halogens is 3. The van der Waals surface area contributed by atoms with Gasteiger partial charge >= 0.3 is 12.1 Å². The maximum Gasteiger partial charge on any atom is 0.433 e. The molecule has 0 unspecified atom stereocenters. The van der Waals surface area contributed by atoms with Crippen molar-refractivity contribution in [2.24, 2.45) is 0 Å². The van der Waals surface area contributed by atoms with Crippen molar-refractivity contribution < 1.29 is 27.8 Å². The summed E-state index contributed by atoms with van der Waals surface area (Å²) in [6.07, 6.45) is -2.53. The lowest BCUT2D eigenvalue weighted by atomic mass is 10.1. The Morgan fingerprint density at radius 2 is 2.16 bits per heavy atom. The van der Waals surface area contributed by atoms with Crippen LogP contribution in [0.15, 0.2) is 18.2 Å². The predicted octanol–water partition coefficient (Wildman–Crippen LogP) is 2.73. The number of nitrogens with zero attached hydrogens (tertiary/aromatic N) is 1. The number of aliphatic carboxylic acids is 1. The van der Waals surface area contributed by atoms with Crippen LogP contribution in [0.5, 0.6) is 0 Å². The smallest absolute Gasteiger partial charge is 0.433 e. The Kier molecular flexibility index (Phi) is 5.05. The molecule has 0 atom stereocenters. The zero-order chi connectivity index (χ0) is 14.5. The zero-order valence-corrected chi connectivity index (χ0v) is 10.1. The quantitative estimate of drug-likeness (QED) is 0.839. The van der Waals surface area contributed by atoms with Crippen molar-refractivity contribution in [3.63, 3.8) is 0 Å². The number of hydrogen-bond acceptors (Lipinski definition) is 3. The monoisotopic (exact) mass is 275 g/mol. The topological polar surface area (TPSA) is 59.4 Å². The van der Waals surface area contributed by atoms with E-state index >= 15 is 0 Å². The SMILES string of the molecule is CCOCc1nc(C(F)(F)F)ccc1/C=C/C(=O)O. The van der Waals surface area contributed by atoms with Gasteiger partial charge in [-0.15, -0.1) is 0 Å². The Morgan fingerprint density at radius 1 is 1.47 bits per heavy atom. The molecule has 1 aromatic rings. The lowest BCUT2D eigenvalue weighted by molar-refractivity contribution is -0.141. The third-order valence-corrected chi connectivity index (χ3v) is 2.15. The van der Waals surface area contributed by atoms with Crippen LogP contribution in [0.1, 0.15) is 23.9 Å². The van der Waals surface area contributed by atoms with Crippen LogP contribution in [-0.4, -0.2) is 22.7 Å². The highest BCUT2D eigenvalue weighted by molar-refractivity contribution is 5.85. The first-order valence-corrected chi connectivity index (χ1v) is 5.40. The number of hydrogen-bond donors (Lipinski definition) is 1. The van der Waals surface area contributed by atoms with Gasteiger partial charge in [-0.2, -0.15) is 13.2 Å². The Balaban J connectivity index is 3.12. The number of alkyl halides is 3. The van der Waals surface area contributed by atoms with E-state index in [-0.39, 0.29) is 17.9 Å². The van der Waals surface area contributed by atoms with Crippen LogP contribution in [0.2, 0.25) is 0 Å². The van der Waals surface area contributed by atoms with Crippen molar-refractivity contribution in [3.8, 4) is 0 Å². The molecular weight excluding hydrogens is 263 g/mol. The average molecular weight is 275 g/mol. The number of pyridine rings is 1. The second-order valence-corrected chi connectivity index (χ2v) is 3.54. The fourth-order valence-electron chi connectivity index (χ4n) is 1.30. The maximum absolute atomic E-state index is 12.5. The largest absolute Gasteiger partial charge is 0.478 e. The van der Waals surface area contributed by atoms with Crippen molar-refractivity contribution in [2.75, 3.05) is 6.61 Å². The van der Waals surface area contributed by atoms with Crippen LogP contribution in [0, 0.1) is 0 Å². The summed E-state index contributed by atoms with van der Waals surface area (Å²) in [5.74, 6) is -1.19. The molecule has 0 saturated heterocycles. The second kappa shape index (κ2) is 6.33. The van der Waals surface area contributed by atoms with E-state index in [1.165, 1.54) is 12.1 Å². The molecule has 4 nitrogen and oxygen atoms in total. The summed E-state index contributed by atoms with van der Waals surface area (Å²) in [6, 6.07) is 1.97. The van der Waals surface area contributed by atoms with Gasteiger partial charge in [-0.05, 0) is 24.6 Å². The van der Waals surface area contributed by atoms with E-state index in [1.807, 2.05) is 0 Å². The Hall–Kier alpha value is -1.89. The van der Waals surface area contributed by atoms with Gasteiger partial charge < -0.3 is 9.84 Å². The number of ether oxygens (including phenoxy) is 1. The molecule has 1 heterocycles. The minimum atomic E-state index is -4.55. The first-order chi connectivity index (χ1) is 8.84. The summed E-state index contributed by atoms with van der Waals surface area (Å²) < 4.78 is 42.6. The van der Waals surface area contributed by atoms with Gasteiger partial charge in [0.1, 0.15) is 5.69 Å². The fraction of sp³-hybridized carbons (Fsp3) is 0.333. The summed E-state index contributed by atoms with van der Waals surface area (Å²) in [5, 5.41) is 8.51. The van der Waals surface area contributed by atoms with Crippen molar-refractivity contribution in [2.45, 2.75) is 19.7 Å². The van der Waals surface area contributed by atoms with Crippen molar-refractivity contribution in [1.29, 1.82) is 0 Å². The molecule has 0 radical (unpaired) electrons. The highest BCUT2D eigenvalue weighted by atomic mass is 19.4. The first kappa shape index (κ1) is 15.2. The van der Waals surface area contributed by atoms with E-state index in [9.17, 15) is 18.0 Å². The second-order valence-electron chi connectivity index (χ2n) is 3.54. The van der Waals surface area contributed by atoms with Gasteiger partial charge in [-0.25, -0.2) is 9.78 Å². The van der Waals surface area contributed by atoms with E-state index in [2.05, 4.69) is 4.98 Å². The minimum absolute atomic E-state index is 0.0502. The Bertz CT molecular complexity index is 484. The Labute approximate surface area is 107 Å². The normalized spacial score (nSPS) is 12.0. The molecule has 0 saturated carbocycles. The van der Waals surface area contributed by atoms with Gasteiger partial charge in [0.15, 0.2) is 0 Å². The Morgan fingerprint density at radius 3 is 2.68 bits per heavy atom. The van der Waals surface area contributed by atoms with Crippen molar-refractivity contribution in [1.82, 2.24) is 4.98 Å². The van der Waals surface area contributed by atoms with Gasteiger partial charge in [0.25, 0.3) is 0 Å². The third kappa shape index (κ3) is 4.70. The number of carboxylic acids is 1. The van der Waals surface area contributed by atoms with Gasteiger partial charge in [0, 0.05) is 12.7 Å². The molecule has 104 valence electrons. The molecule has 0 fully saturated rings. The summed E-state index contributed by atoms with van der Waals surface area (Å²) in [6.45, 7) is 1.90. The third-order valence-electron chi connectivity index (χ3n) is 2.15. The molecule has 1 N–H and O–H groups in total. The minimum Gasteiger partial charge on any atom is -0.478 e. The number of rotatable bonds is 5. The predicted molar refractivity (Wildman–Crippen MR) is 61.2 cm³/mol. The van der Waals surface area contributed by atoms with E-state index < -0.39 is 17.8 Å². The molecular formula is C12H12F3NO3. The maximum atomic E-state index is 12.5. The van der Waals surface area contributed by atoms with E-state index in [0.29, 0.717) is 6.61 Å². The summed E-state index contributed by atoms with van der Waals surface area (Å²) in [7, 11) is 0. The van der Waals surface area contributed by atoms with Gasteiger partial charge in [-0.1, -0.05) is 6.07 Å². The van der Waals surface area contributed by atoms with E-state index in [0.717, 1.165) is 12.1 Å². The van der Waals surface area contributed by atoms with E-state index in [4.69, 9.17) is 9.84 Å². The zero-order valence-electron chi connectivity index (χ0n) is 10.1. The molecule has 0 aromatic carbocycles. The van der Waals surface area contributed by atoms with Crippen LogP contribution in [0.3, 0.4) is 0 Å². The molecule has 0 amide bonds. The average Bonchev–Trinajstić information content (AvgIpc) is 2.32. The summed E-state index contributed by atoms with van der Waals surface area (Å²) in [4.78, 5) is 13.9. The van der Waals surface area contributed by atoms with Gasteiger partial charge in [0.2, 0.25) is 0 Å². The van der Waals surface area contributed by atoms with Gasteiger partial charge in [0.05, 0.1) is 12.3 Å². The highest BCUT2D eigenvalue weighted by Gasteiger charge is 2.32. The van der Waals surface area contributed by atoms with Gasteiger partial charge in [-0.3, -0.25) is 0 Å². The first-order valence-electron chi connectivity index (χ1n) is 5.40. The molecule has 0 bridgehead atoms. The number of carboxylic acid groups (broad SMARTS) is 1. The molecule has 7 heteroatoms. The molecule has 1 rings (SSSR count). The standard InChI is InChI=1S/C12H12F3NO3/c1-2-19-7-9-8(4-6-11(17)18)3-5-10(16-9)12(13,14)15/h3-6H,2,7H2,1H3,(H,17,18)/b6-4+. The van der Waals surface area contributed by atoms with Crippen LogP contribution in [0.25, 0.3) is 6.08 Å². The van der Waals surface area contributed by atoms with Crippen LogP contribution in [0.4, 0.5) is 13.2 Å².